The molecule has 0 radical (unpaired) electrons. The minimum absolute atomic E-state index is 0.142. The van der Waals surface area contributed by atoms with Crippen molar-refractivity contribution in [1.82, 2.24) is 0 Å². The second kappa shape index (κ2) is 15.5. The van der Waals surface area contributed by atoms with Crippen LogP contribution in [0.2, 0.25) is 0 Å². The molecule has 0 aromatic heterocycles. The first-order chi connectivity index (χ1) is 25.7. The van der Waals surface area contributed by atoms with Gasteiger partial charge in [0.25, 0.3) is 0 Å². The number of benzene rings is 3. The summed E-state index contributed by atoms with van der Waals surface area (Å²) < 4.78 is 5.64. The van der Waals surface area contributed by atoms with Gasteiger partial charge in [0.2, 0.25) is 0 Å². The van der Waals surface area contributed by atoms with Gasteiger partial charge in [0.1, 0.15) is 0 Å². The van der Waals surface area contributed by atoms with E-state index < -0.39 is 0 Å². The summed E-state index contributed by atoms with van der Waals surface area (Å²) in [4.78, 5) is 5.10. The smallest absolute Gasteiger partial charge is 0.0790 e. The van der Waals surface area contributed by atoms with Crippen molar-refractivity contribution in [2.24, 2.45) is 0 Å². The van der Waals surface area contributed by atoms with E-state index in [1.807, 2.05) is 0 Å². The van der Waals surface area contributed by atoms with Gasteiger partial charge in [-0.05, 0) is 121 Å². The third-order valence-electron chi connectivity index (χ3n) is 11.0. The van der Waals surface area contributed by atoms with Gasteiger partial charge >= 0.3 is 0 Å². The SMILES string of the molecule is COC1C=CC(C2=CCC3C(=C2)/C(C)=C(N(C2=CCCC=C2)c2cccc(C4C=CC=CC4)c2)/C=C\CN3c2ccc(-c3ccccc3)cc2)=CC1. The van der Waals surface area contributed by atoms with E-state index in [1.165, 1.54) is 61.8 Å². The Bertz CT molecular complexity index is 2100. The van der Waals surface area contributed by atoms with E-state index in [0.717, 1.165) is 38.6 Å². The van der Waals surface area contributed by atoms with Crippen molar-refractivity contribution in [2.75, 3.05) is 23.5 Å². The second-order valence-electron chi connectivity index (χ2n) is 14.2. The summed E-state index contributed by atoms with van der Waals surface area (Å²) in [7, 11) is 1.79. The summed E-state index contributed by atoms with van der Waals surface area (Å²) in [6.45, 7) is 3.15. The summed E-state index contributed by atoms with van der Waals surface area (Å²) >= 11 is 0. The average molecular weight is 681 g/mol. The summed E-state index contributed by atoms with van der Waals surface area (Å²) in [6.07, 6.45) is 37.6. The lowest BCUT2D eigenvalue weighted by Gasteiger charge is -2.40. The van der Waals surface area contributed by atoms with Crippen LogP contribution in [0.1, 0.15) is 50.5 Å². The van der Waals surface area contributed by atoms with Crippen LogP contribution >= 0.6 is 0 Å². The first-order valence-electron chi connectivity index (χ1n) is 18.9. The fourth-order valence-corrected chi connectivity index (χ4v) is 8.13. The molecule has 4 aliphatic carbocycles. The summed E-state index contributed by atoms with van der Waals surface area (Å²) in [5.74, 6) is 0.389. The van der Waals surface area contributed by atoms with Crippen molar-refractivity contribution in [3.8, 4) is 11.1 Å². The summed E-state index contributed by atoms with van der Waals surface area (Å²) in [6, 6.07) is 29.2. The molecule has 5 aliphatic rings. The Morgan fingerprint density at radius 1 is 0.712 bits per heavy atom. The molecule has 0 N–H and O–H groups in total. The van der Waals surface area contributed by atoms with Crippen molar-refractivity contribution in [2.45, 2.75) is 57.1 Å². The van der Waals surface area contributed by atoms with Gasteiger partial charge in [-0.15, -0.1) is 0 Å². The van der Waals surface area contributed by atoms with E-state index >= 15 is 0 Å². The topological polar surface area (TPSA) is 15.7 Å². The highest BCUT2D eigenvalue weighted by molar-refractivity contribution is 5.71. The number of ether oxygens (including phenoxy) is 1. The van der Waals surface area contributed by atoms with Crippen molar-refractivity contribution in [3.63, 3.8) is 0 Å². The number of methoxy groups -OCH3 is 1. The number of anilines is 2. The summed E-state index contributed by atoms with van der Waals surface area (Å²) in [5, 5.41) is 0. The lowest BCUT2D eigenvalue weighted by atomic mass is 9.83. The maximum Gasteiger partial charge on any atom is 0.0790 e. The van der Waals surface area contributed by atoms with Crippen LogP contribution in [-0.2, 0) is 4.74 Å². The zero-order valence-electron chi connectivity index (χ0n) is 30.4. The minimum Gasteiger partial charge on any atom is -0.377 e. The molecular weight excluding hydrogens is 633 g/mol. The van der Waals surface area contributed by atoms with E-state index in [-0.39, 0.29) is 12.1 Å². The van der Waals surface area contributed by atoms with Crippen molar-refractivity contribution < 1.29 is 4.74 Å². The molecule has 0 saturated carbocycles. The molecule has 3 atom stereocenters. The first kappa shape index (κ1) is 33.7. The molecule has 0 bridgehead atoms. The van der Waals surface area contributed by atoms with Crippen LogP contribution < -0.4 is 9.80 Å². The molecule has 1 aliphatic heterocycles. The van der Waals surface area contributed by atoms with E-state index in [2.05, 4.69) is 181 Å². The van der Waals surface area contributed by atoms with Crippen LogP contribution in [0.4, 0.5) is 11.4 Å². The Hall–Kier alpha value is -5.38. The van der Waals surface area contributed by atoms with Gasteiger partial charge in [-0.3, -0.25) is 0 Å². The van der Waals surface area contributed by atoms with E-state index in [1.54, 1.807) is 7.11 Å². The fourth-order valence-electron chi connectivity index (χ4n) is 8.13. The largest absolute Gasteiger partial charge is 0.377 e. The number of hydrogen-bond donors (Lipinski definition) is 0. The lowest BCUT2D eigenvalue weighted by molar-refractivity contribution is 0.142. The average Bonchev–Trinajstić information content (AvgIpc) is 3.22. The minimum atomic E-state index is 0.142. The molecular formula is C49H48N2O. The molecule has 3 unspecified atom stereocenters. The number of rotatable bonds is 8. The molecule has 0 spiro atoms. The maximum absolute atomic E-state index is 5.64. The van der Waals surface area contributed by atoms with Crippen molar-refractivity contribution >= 4 is 11.4 Å². The Morgan fingerprint density at radius 3 is 2.31 bits per heavy atom. The Kier molecular flexibility index (Phi) is 10.0. The van der Waals surface area contributed by atoms with Gasteiger partial charge < -0.3 is 14.5 Å². The third kappa shape index (κ3) is 7.07. The van der Waals surface area contributed by atoms with Crippen LogP contribution in [0.3, 0.4) is 0 Å². The molecule has 3 aromatic rings. The van der Waals surface area contributed by atoms with Gasteiger partial charge in [-0.2, -0.15) is 0 Å². The molecule has 0 saturated heterocycles. The predicted octanol–water partition coefficient (Wildman–Crippen LogP) is 11.9. The highest BCUT2D eigenvalue weighted by Crippen LogP contribution is 2.40. The number of fused-ring (bicyclic) bond motifs is 1. The van der Waals surface area contributed by atoms with E-state index in [4.69, 9.17) is 4.74 Å². The highest BCUT2D eigenvalue weighted by atomic mass is 16.5. The normalized spacial score (nSPS) is 24.6. The molecule has 3 aromatic carbocycles. The highest BCUT2D eigenvalue weighted by Gasteiger charge is 2.31. The first-order valence-corrected chi connectivity index (χ1v) is 18.9. The summed E-state index contributed by atoms with van der Waals surface area (Å²) in [5.41, 5.74) is 14.0. The van der Waals surface area contributed by atoms with Gasteiger partial charge in [0.15, 0.2) is 0 Å². The lowest BCUT2D eigenvalue weighted by Crippen LogP contribution is -2.40. The Labute approximate surface area is 310 Å². The molecule has 3 heteroatoms. The number of hydrogen-bond acceptors (Lipinski definition) is 3. The quantitative estimate of drug-likeness (QED) is 0.235. The molecule has 8 rings (SSSR count). The standard InChI is InChI=1S/C49H48N2O/c1-36-47-35-42(40-25-30-46(52-2)31-26-40)27-32-49(47)50(43-28-23-39(24-29-43)37-14-6-3-7-15-37)33-13-22-48(36)51(44-19-10-5-11-20-44)45-21-12-18-41(34-45)38-16-8-4-9-17-38/h3-4,6-10,12-16,18-30,34-35,38,46,49H,5,11,17,31-33H2,1-2H3/b22-13-,48-36-. The van der Waals surface area contributed by atoms with Crippen LogP contribution in [-0.4, -0.2) is 25.8 Å². The molecule has 1 heterocycles. The predicted molar refractivity (Wildman–Crippen MR) is 219 cm³/mol. The van der Waals surface area contributed by atoms with E-state index in [0.29, 0.717) is 5.92 Å². The molecule has 0 amide bonds. The molecule has 260 valence electrons. The maximum atomic E-state index is 5.64. The molecule has 0 fully saturated rings. The Morgan fingerprint density at radius 2 is 1.56 bits per heavy atom. The second-order valence-corrected chi connectivity index (χ2v) is 14.2. The monoisotopic (exact) mass is 680 g/mol. The molecule has 3 nitrogen and oxygen atoms in total. The van der Waals surface area contributed by atoms with Crippen molar-refractivity contribution in [1.29, 1.82) is 0 Å². The van der Waals surface area contributed by atoms with Crippen molar-refractivity contribution in [3.05, 3.63) is 203 Å². The number of allylic oxidation sites excluding steroid dienone is 12. The zero-order chi connectivity index (χ0) is 35.3. The number of nitrogens with zero attached hydrogens (tertiary/aromatic N) is 2. The zero-order valence-corrected chi connectivity index (χ0v) is 30.4. The van der Waals surface area contributed by atoms with Crippen LogP contribution in [0.25, 0.3) is 11.1 Å². The van der Waals surface area contributed by atoms with Gasteiger partial charge in [-0.1, -0.05) is 121 Å². The Balaban J connectivity index is 1.22. The van der Waals surface area contributed by atoms with Gasteiger partial charge in [-0.25, -0.2) is 0 Å². The van der Waals surface area contributed by atoms with Crippen LogP contribution in [0, 0.1) is 0 Å². The van der Waals surface area contributed by atoms with Crippen LogP contribution in [0.15, 0.2) is 198 Å². The van der Waals surface area contributed by atoms with Crippen LogP contribution in [0.5, 0.6) is 0 Å². The molecule has 52 heavy (non-hydrogen) atoms. The van der Waals surface area contributed by atoms with Gasteiger partial charge in [0, 0.05) is 42.3 Å². The van der Waals surface area contributed by atoms with E-state index in [9.17, 15) is 0 Å². The third-order valence-corrected chi connectivity index (χ3v) is 11.0. The van der Waals surface area contributed by atoms with Gasteiger partial charge in [0.05, 0.1) is 12.1 Å². The fraction of sp³-hybridized carbons (Fsp3) is 0.224.